The van der Waals surface area contributed by atoms with Crippen molar-refractivity contribution in [1.29, 1.82) is 0 Å². The van der Waals surface area contributed by atoms with E-state index in [2.05, 4.69) is 39.2 Å². The second-order valence-corrected chi connectivity index (χ2v) is 3.62. The maximum Gasteiger partial charge on any atom is 0.293 e. The summed E-state index contributed by atoms with van der Waals surface area (Å²) in [6.45, 7) is 4.17. The van der Waals surface area contributed by atoms with Crippen molar-refractivity contribution < 1.29 is 0 Å². The molecule has 14 heavy (non-hydrogen) atoms. The van der Waals surface area contributed by atoms with Crippen LogP contribution in [0.2, 0.25) is 0 Å². The summed E-state index contributed by atoms with van der Waals surface area (Å²) in [6, 6.07) is 0. The molecule has 0 aliphatic carbocycles. The minimum atomic E-state index is -0.280. The van der Waals surface area contributed by atoms with Gasteiger partial charge in [0.25, 0.3) is 5.56 Å². The highest BCUT2D eigenvalue weighted by Gasteiger charge is 2.08. The number of hydrogen-bond acceptors (Lipinski definition) is 4. The molecule has 0 saturated heterocycles. The zero-order valence-electron chi connectivity index (χ0n) is 8.03. The van der Waals surface area contributed by atoms with Crippen LogP contribution in [0.1, 0.15) is 19.7 Å². The molecule has 0 radical (unpaired) electrons. The van der Waals surface area contributed by atoms with Gasteiger partial charge in [-0.25, -0.2) is 10.1 Å². The van der Waals surface area contributed by atoms with Gasteiger partial charge in [-0.05, 0) is 5.92 Å². The van der Waals surface area contributed by atoms with Gasteiger partial charge in [0.2, 0.25) is 5.65 Å². The Kier molecular flexibility index (Phi) is 2.03. The van der Waals surface area contributed by atoms with Gasteiger partial charge in [0.15, 0.2) is 5.52 Å². The van der Waals surface area contributed by atoms with E-state index in [9.17, 15) is 4.79 Å². The van der Waals surface area contributed by atoms with Crippen LogP contribution in [0.4, 0.5) is 0 Å². The number of nitrogens with zero attached hydrogens (tertiary/aromatic N) is 3. The van der Waals surface area contributed by atoms with Gasteiger partial charge >= 0.3 is 0 Å². The molecule has 0 bridgehead atoms. The average molecular weight is 193 g/mol. The number of aromatic nitrogens is 5. The SMILES string of the molecule is CC(C)Cc1nc2nn[nH]c(=O)c2[nH]1. The molecule has 0 amide bonds. The van der Waals surface area contributed by atoms with E-state index in [1.54, 1.807) is 0 Å². The van der Waals surface area contributed by atoms with Crippen molar-refractivity contribution >= 4 is 11.2 Å². The fourth-order valence-corrected chi connectivity index (χ4v) is 1.30. The van der Waals surface area contributed by atoms with E-state index in [0.717, 1.165) is 12.2 Å². The number of imidazole rings is 1. The molecule has 0 spiro atoms. The molecule has 0 aliphatic rings. The quantitative estimate of drug-likeness (QED) is 0.715. The van der Waals surface area contributed by atoms with Crippen molar-refractivity contribution in [2.75, 3.05) is 0 Å². The topological polar surface area (TPSA) is 87.3 Å². The summed E-state index contributed by atoms with van der Waals surface area (Å²) >= 11 is 0. The summed E-state index contributed by atoms with van der Waals surface area (Å²) in [4.78, 5) is 18.4. The molecule has 6 heteroatoms. The lowest BCUT2D eigenvalue weighted by molar-refractivity contribution is 0.627. The lowest BCUT2D eigenvalue weighted by atomic mass is 10.1. The van der Waals surface area contributed by atoms with Crippen molar-refractivity contribution in [3.8, 4) is 0 Å². The first-order valence-corrected chi connectivity index (χ1v) is 4.47. The first-order chi connectivity index (χ1) is 6.66. The summed E-state index contributed by atoms with van der Waals surface area (Å²) < 4.78 is 0. The average Bonchev–Trinajstić information content (AvgIpc) is 2.47. The Morgan fingerprint density at radius 3 is 2.86 bits per heavy atom. The molecule has 2 N–H and O–H groups in total. The minimum absolute atomic E-state index is 0.280. The third-order valence-corrected chi connectivity index (χ3v) is 1.86. The number of hydrogen-bond donors (Lipinski definition) is 2. The molecular formula is C8H11N5O. The predicted octanol–water partition coefficient (Wildman–Crippen LogP) is 0.240. The first-order valence-electron chi connectivity index (χ1n) is 4.47. The van der Waals surface area contributed by atoms with Gasteiger partial charge in [-0.3, -0.25) is 4.79 Å². The zero-order chi connectivity index (χ0) is 10.1. The highest BCUT2D eigenvalue weighted by Crippen LogP contribution is 2.06. The Hall–Kier alpha value is -1.72. The molecule has 0 aromatic carbocycles. The number of H-pyrrole nitrogens is 2. The zero-order valence-corrected chi connectivity index (χ0v) is 8.03. The number of rotatable bonds is 2. The van der Waals surface area contributed by atoms with Gasteiger partial charge in [0, 0.05) is 6.42 Å². The second-order valence-electron chi connectivity index (χ2n) is 3.62. The van der Waals surface area contributed by atoms with Crippen LogP contribution in [0.25, 0.3) is 11.2 Å². The molecule has 2 heterocycles. The summed E-state index contributed by atoms with van der Waals surface area (Å²) in [5.41, 5.74) is 0.498. The third kappa shape index (κ3) is 1.50. The summed E-state index contributed by atoms with van der Waals surface area (Å²) in [5.74, 6) is 1.27. The normalized spacial score (nSPS) is 11.4. The maximum atomic E-state index is 11.2. The van der Waals surface area contributed by atoms with Crippen molar-refractivity contribution in [2.24, 2.45) is 5.92 Å². The van der Waals surface area contributed by atoms with E-state index in [1.807, 2.05) is 0 Å². The van der Waals surface area contributed by atoms with E-state index in [0.29, 0.717) is 17.1 Å². The van der Waals surface area contributed by atoms with Gasteiger partial charge in [0.05, 0.1) is 0 Å². The molecule has 0 atom stereocenters. The molecule has 2 aromatic rings. The number of fused-ring (bicyclic) bond motifs is 1. The minimum Gasteiger partial charge on any atom is -0.336 e. The van der Waals surface area contributed by atoms with E-state index in [4.69, 9.17) is 0 Å². The number of nitrogens with one attached hydrogen (secondary N) is 2. The molecule has 2 rings (SSSR count). The number of aromatic amines is 2. The molecule has 0 unspecified atom stereocenters. The predicted molar refractivity (Wildman–Crippen MR) is 50.8 cm³/mol. The van der Waals surface area contributed by atoms with Crippen molar-refractivity contribution in [3.63, 3.8) is 0 Å². The fourth-order valence-electron chi connectivity index (χ4n) is 1.30. The van der Waals surface area contributed by atoms with Gasteiger partial charge in [0.1, 0.15) is 5.82 Å². The van der Waals surface area contributed by atoms with Crippen LogP contribution in [0.3, 0.4) is 0 Å². The molecule has 74 valence electrons. The Bertz CT molecular complexity index is 498. The van der Waals surface area contributed by atoms with Crippen molar-refractivity contribution in [2.45, 2.75) is 20.3 Å². The second kappa shape index (κ2) is 3.21. The Balaban J connectivity index is 2.52. The summed E-state index contributed by atoms with van der Waals surface area (Å²) in [7, 11) is 0. The van der Waals surface area contributed by atoms with Crippen molar-refractivity contribution in [1.82, 2.24) is 25.4 Å². The van der Waals surface area contributed by atoms with Crippen LogP contribution in [0.15, 0.2) is 4.79 Å². The highest BCUT2D eigenvalue weighted by molar-refractivity contribution is 5.67. The molecule has 0 aliphatic heterocycles. The van der Waals surface area contributed by atoms with E-state index < -0.39 is 0 Å². The molecule has 2 aromatic heterocycles. The smallest absolute Gasteiger partial charge is 0.293 e. The van der Waals surface area contributed by atoms with E-state index >= 15 is 0 Å². The largest absolute Gasteiger partial charge is 0.336 e. The lowest BCUT2D eigenvalue weighted by Crippen LogP contribution is -2.09. The molecule has 0 saturated carbocycles. The van der Waals surface area contributed by atoms with Crippen LogP contribution < -0.4 is 5.56 Å². The van der Waals surface area contributed by atoms with Crippen LogP contribution >= 0.6 is 0 Å². The summed E-state index contributed by atoms with van der Waals surface area (Å²) in [6.07, 6.45) is 0.801. The highest BCUT2D eigenvalue weighted by atomic mass is 16.1. The monoisotopic (exact) mass is 193 g/mol. The third-order valence-electron chi connectivity index (χ3n) is 1.86. The van der Waals surface area contributed by atoms with E-state index in [1.165, 1.54) is 0 Å². The van der Waals surface area contributed by atoms with E-state index in [-0.39, 0.29) is 5.56 Å². The molecule has 6 nitrogen and oxygen atoms in total. The van der Waals surface area contributed by atoms with Crippen molar-refractivity contribution in [3.05, 3.63) is 16.2 Å². The van der Waals surface area contributed by atoms with Crippen LogP contribution in [0.5, 0.6) is 0 Å². The molecule has 0 fully saturated rings. The first kappa shape index (κ1) is 8.86. The molecular weight excluding hydrogens is 182 g/mol. The maximum absolute atomic E-state index is 11.2. The Labute approximate surface area is 79.8 Å². The fraction of sp³-hybridized carbons (Fsp3) is 0.500. The van der Waals surface area contributed by atoms with Crippen LogP contribution in [0, 0.1) is 5.92 Å². The van der Waals surface area contributed by atoms with Gasteiger partial charge < -0.3 is 4.98 Å². The van der Waals surface area contributed by atoms with Crippen LogP contribution in [-0.4, -0.2) is 25.4 Å². The Morgan fingerprint density at radius 2 is 2.21 bits per heavy atom. The Morgan fingerprint density at radius 1 is 1.43 bits per heavy atom. The lowest BCUT2D eigenvalue weighted by Gasteiger charge is -1.98. The van der Waals surface area contributed by atoms with Gasteiger partial charge in [-0.1, -0.05) is 19.1 Å². The summed E-state index contributed by atoms with van der Waals surface area (Å²) in [5, 5.41) is 9.41. The van der Waals surface area contributed by atoms with Gasteiger partial charge in [-0.2, -0.15) is 0 Å². The standard InChI is InChI=1S/C8H11N5O/c1-4(2)3-5-9-6-7(10-5)11-13-12-8(6)14/h4H,3H2,1-2H3,(H2,9,10,11,12,14). The van der Waals surface area contributed by atoms with Gasteiger partial charge in [-0.15, -0.1) is 5.10 Å². The van der Waals surface area contributed by atoms with Crippen LogP contribution in [-0.2, 0) is 6.42 Å².